The van der Waals surface area contributed by atoms with Gasteiger partial charge in [0.05, 0.1) is 24.3 Å². The van der Waals surface area contributed by atoms with Gasteiger partial charge in [0.25, 0.3) is 5.91 Å². The van der Waals surface area contributed by atoms with Crippen LogP contribution in [-0.4, -0.2) is 48.7 Å². The van der Waals surface area contributed by atoms with E-state index in [1.165, 1.54) is 0 Å². The quantitative estimate of drug-likeness (QED) is 0.325. The van der Waals surface area contributed by atoms with Gasteiger partial charge in [0, 0.05) is 29.9 Å². The molecule has 0 bridgehead atoms. The number of amides is 2. The van der Waals surface area contributed by atoms with Crippen molar-refractivity contribution in [3.8, 4) is 5.75 Å². The molecule has 0 radical (unpaired) electrons. The van der Waals surface area contributed by atoms with Gasteiger partial charge in [-0.3, -0.25) is 19.5 Å². The van der Waals surface area contributed by atoms with Crippen LogP contribution in [0.4, 0.5) is 5.69 Å². The highest BCUT2D eigenvalue weighted by Crippen LogP contribution is 2.34. The van der Waals surface area contributed by atoms with E-state index < -0.39 is 6.04 Å². The molecule has 2 amide bonds. The lowest BCUT2D eigenvalue weighted by atomic mass is 9.78. The lowest BCUT2D eigenvalue weighted by Crippen LogP contribution is -2.56. The molecule has 0 saturated carbocycles. The zero-order chi connectivity index (χ0) is 28.1. The Kier molecular flexibility index (Phi) is 9.02. The Hall–Kier alpha value is -3.71. The first-order valence-corrected chi connectivity index (χ1v) is 13.6. The molecule has 206 valence electrons. The molecule has 7 heteroatoms. The van der Waals surface area contributed by atoms with Gasteiger partial charge in [0.1, 0.15) is 17.9 Å². The van der Waals surface area contributed by atoms with Crippen molar-refractivity contribution in [3.05, 3.63) is 78.5 Å². The molecule has 7 nitrogen and oxygen atoms in total. The van der Waals surface area contributed by atoms with Crippen molar-refractivity contribution in [3.63, 3.8) is 0 Å². The van der Waals surface area contributed by atoms with E-state index in [9.17, 15) is 9.59 Å². The van der Waals surface area contributed by atoms with Gasteiger partial charge in [-0.25, -0.2) is 0 Å². The van der Waals surface area contributed by atoms with Crippen LogP contribution in [0.1, 0.15) is 45.0 Å². The van der Waals surface area contributed by atoms with Gasteiger partial charge in [-0.1, -0.05) is 64.1 Å². The molecule has 1 saturated heterocycles. The predicted molar refractivity (Wildman–Crippen MR) is 155 cm³/mol. The minimum absolute atomic E-state index is 0.0252. The average Bonchev–Trinajstić information content (AvgIpc) is 2.88. The number of ether oxygens (including phenoxy) is 2. The van der Waals surface area contributed by atoms with Crippen LogP contribution >= 0.6 is 0 Å². The molecule has 1 atom stereocenters. The fourth-order valence-corrected chi connectivity index (χ4v) is 5.22. The molecule has 3 aromatic rings. The van der Waals surface area contributed by atoms with Crippen LogP contribution in [0.5, 0.6) is 5.75 Å². The number of fused-ring (bicyclic) bond motifs is 1. The third kappa shape index (κ3) is 6.66. The number of nitrogens with zero attached hydrogens (tertiary/aromatic N) is 2. The Balaban J connectivity index is 1.85. The molecule has 0 spiro atoms. The molecule has 2 heterocycles. The maximum atomic E-state index is 14.5. The maximum Gasteiger partial charge on any atom is 0.260 e. The minimum Gasteiger partial charge on any atom is -0.486 e. The molecule has 2 aromatic carbocycles. The largest absolute Gasteiger partial charge is 0.486 e. The summed E-state index contributed by atoms with van der Waals surface area (Å²) in [6.45, 7) is 15.6. The third-order valence-electron chi connectivity index (χ3n) is 7.08. The summed E-state index contributed by atoms with van der Waals surface area (Å²) in [6.07, 6.45) is 1.56. The zero-order valence-corrected chi connectivity index (χ0v) is 23.5. The SMILES string of the molecule is C=C(C)CNC(=O)C(C(C(C)C)C(C)C)N(C(=O)c1cnc2ccccc2c1)c1cccc(OC2COC2)c1. The first-order chi connectivity index (χ1) is 18.7. The summed E-state index contributed by atoms with van der Waals surface area (Å²) in [5, 5.41) is 3.89. The number of aromatic nitrogens is 1. The average molecular weight is 530 g/mol. The van der Waals surface area contributed by atoms with Gasteiger partial charge in [-0.15, -0.1) is 0 Å². The molecule has 1 aromatic heterocycles. The van der Waals surface area contributed by atoms with Crippen LogP contribution < -0.4 is 15.0 Å². The molecule has 1 N–H and O–H groups in total. The number of para-hydroxylation sites is 1. The Labute approximate surface area is 231 Å². The van der Waals surface area contributed by atoms with Crippen LogP contribution in [0, 0.1) is 17.8 Å². The summed E-state index contributed by atoms with van der Waals surface area (Å²) in [4.78, 5) is 34.6. The van der Waals surface area contributed by atoms with E-state index in [1.54, 1.807) is 11.1 Å². The van der Waals surface area contributed by atoms with E-state index in [0.29, 0.717) is 36.8 Å². The van der Waals surface area contributed by atoms with Gasteiger partial charge in [-0.05, 0) is 48.9 Å². The van der Waals surface area contributed by atoms with Crippen molar-refractivity contribution in [1.82, 2.24) is 10.3 Å². The Morgan fingerprint density at radius 1 is 1.08 bits per heavy atom. The van der Waals surface area contributed by atoms with Crippen LogP contribution in [0.25, 0.3) is 10.9 Å². The van der Waals surface area contributed by atoms with Gasteiger partial charge in [-0.2, -0.15) is 0 Å². The molecule has 4 rings (SSSR count). The fraction of sp³-hybridized carbons (Fsp3) is 0.406. The van der Waals surface area contributed by atoms with Gasteiger partial charge in [0.15, 0.2) is 0 Å². The van der Waals surface area contributed by atoms with Crippen molar-refractivity contribution < 1.29 is 19.1 Å². The van der Waals surface area contributed by atoms with Crippen LogP contribution in [0.2, 0.25) is 0 Å². The van der Waals surface area contributed by atoms with E-state index >= 15 is 0 Å². The van der Waals surface area contributed by atoms with E-state index in [-0.39, 0.29) is 35.7 Å². The first kappa shape index (κ1) is 28.3. The number of carbonyl (C=O) groups is 2. The molecule has 0 aliphatic carbocycles. The van der Waals surface area contributed by atoms with Gasteiger partial charge >= 0.3 is 0 Å². The van der Waals surface area contributed by atoms with E-state index in [1.807, 2.05) is 61.5 Å². The van der Waals surface area contributed by atoms with Crippen LogP contribution in [0.3, 0.4) is 0 Å². The first-order valence-electron chi connectivity index (χ1n) is 13.6. The lowest BCUT2D eigenvalue weighted by molar-refractivity contribution is -0.124. The smallest absolute Gasteiger partial charge is 0.260 e. The number of benzene rings is 2. The van der Waals surface area contributed by atoms with Gasteiger partial charge < -0.3 is 14.8 Å². The Bertz CT molecular complexity index is 1320. The highest BCUT2D eigenvalue weighted by Gasteiger charge is 2.41. The standard InChI is InChI=1S/C32H39N3O4/c1-20(2)16-34-31(36)30(29(21(3)4)22(5)6)35(25-11-9-12-26(15-25)39-27-18-38-19-27)32(37)24-14-23-10-7-8-13-28(23)33-17-24/h7-15,17,21-22,27,29-30H,1,16,18-19H2,2-6H3,(H,34,36). The molecule has 1 unspecified atom stereocenters. The Morgan fingerprint density at radius 2 is 1.79 bits per heavy atom. The highest BCUT2D eigenvalue weighted by molar-refractivity contribution is 6.11. The summed E-state index contributed by atoms with van der Waals surface area (Å²) < 4.78 is 11.3. The molecule has 1 aliphatic heterocycles. The highest BCUT2D eigenvalue weighted by atomic mass is 16.6. The van der Waals surface area contributed by atoms with Crippen molar-refractivity contribution in [1.29, 1.82) is 0 Å². The Morgan fingerprint density at radius 3 is 2.44 bits per heavy atom. The second-order valence-electron chi connectivity index (χ2n) is 11.1. The third-order valence-corrected chi connectivity index (χ3v) is 7.08. The molecule has 1 aliphatic rings. The van der Waals surface area contributed by atoms with Crippen LogP contribution in [0.15, 0.2) is 72.9 Å². The molecule has 1 fully saturated rings. The molecule has 39 heavy (non-hydrogen) atoms. The summed E-state index contributed by atoms with van der Waals surface area (Å²) in [7, 11) is 0. The normalized spacial score (nSPS) is 14.4. The van der Waals surface area contributed by atoms with Crippen molar-refractivity contribution >= 4 is 28.4 Å². The fourth-order valence-electron chi connectivity index (χ4n) is 5.22. The van der Waals surface area contributed by atoms with E-state index in [0.717, 1.165) is 16.5 Å². The van der Waals surface area contributed by atoms with Crippen LogP contribution in [-0.2, 0) is 9.53 Å². The van der Waals surface area contributed by atoms with E-state index in [4.69, 9.17) is 9.47 Å². The number of hydrogen-bond acceptors (Lipinski definition) is 5. The summed E-state index contributed by atoms with van der Waals surface area (Å²) in [5.41, 5.74) is 2.64. The molecular formula is C32H39N3O4. The molecular weight excluding hydrogens is 490 g/mol. The van der Waals surface area contributed by atoms with Gasteiger partial charge in [0.2, 0.25) is 5.91 Å². The minimum atomic E-state index is -0.773. The summed E-state index contributed by atoms with van der Waals surface area (Å²) in [5.74, 6) is 0.244. The number of nitrogens with one attached hydrogen (secondary N) is 1. The van der Waals surface area contributed by atoms with Crippen molar-refractivity contribution in [2.24, 2.45) is 17.8 Å². The zero-order valence-electron chi connectivity index (χ0n) is 23.5. The number of carbonyl (C=O) groups excluding carboxylic acids is 2. The lowest BCUT2D eigenvalue weighted by Gasteiger charge is -2.40. The number of rotatable bonds is 11. The number of hydrogen-bond donors (Lipinski definition) is 1. The second kappa shape index (κ2) is 12.4. The number of anilines is 1. The predicted octanol–water partition coefficient (Wildman–Crippen LogP) is 5.65. The van der Waals surface area contributed by atoms with E-state index in [2.05, 4.69) is 44.6 Å². The second-order valence-corrected chi connectivity index (χ2v) is 11.1. The van der Waals surface area contributed by atoms with Crippen molar-refractivity contribution in [2.75, 3.05) is 24.7 Å². The number of pyridine rings is 1. The summed E-state index contributed by atoms with van der Waals surface area (Å²) >= 11 is 0. The monoisotopic (exact) mass is 529 g/mol. The maximum absolute atomic E-state index is 14.5. The topological polar surface area (TPSA) is 80.8 Å². The van der Waals surface area contributed by atoms with Crippen molar-refractivity contribution in [2.45, 2.75) is 46.8 Å². The summed E-state index contributed by atoms with van der Waals surface area (Å²) in [6, 6.07) is 16.1.